The number of hydrogen-bond acceptors (Lipinski definition) is 5. The minimum atomic E-state index is -0.238. The number of aliphatic imine (C=N–C) groups is 2. The summed E-state index contributed by atoms with van der Waals surface area (Å²) < 4.78 is 0. The van der Waals surface area contributed by atoms with E-state index in [0.29, 0.717) is 11.3 Å². The molecule has 5 aromatic carbocycles. The minimum absolute atomic E-state index is 0.238. The predicted octanol–water partition coefficient (Wildman–Crippen LogP) is 8.69. The first-order valence-corrected chi connectivity index (χ1v) is 15.3. The molecular formula is C36H30N4S. The quantitative estimate of drug-likeness (QED) is 0.174. The molecule has 0 amide bonds. The van der Waals surface area contributed by atoms with Crippen LogP contribution in [-0.4, -0.2) is 17.0 Å². The van der Waals surface area contributed by atoms with E-state index in [1.807, 2.05) is 48.2 Å². The fraction of sp³-hybridized carbons (Fsp3) is 0.167. The lowest BCUT2D eigenvalue weighted by Gasteiger charge is -2.24. The Hall–Kier alpha value is -4.35. The molecule has 0 aromatic heterocycles. The number of nitrogens with zero attached hydrogens (tertiary/aromatic N) is 2. The summed E-state index contributed by atoms with van der Waals surface area (Å²) in [6, 6.07) is 36.4. The van der Waals surface area contributed by atoms with Crippen LogP contribution in [0.3, 0.4) is 0 Å². The maximum Gasteiger partial charge on any atom is 0.159 e. The summed E-state index contributed by atoms with van der Waals surface area (Å²) in [7, 11) is 0. The molecule has 5 heteroatoms. The molecule has 2 aliphatic heterocycles. The summed E-state index contributed by atoms with van der Waals surface area (Å²) in [5, 5.41) is 13.0. The van der Waals surface area contributed by atoms with E-state index < -0.39 is 0 Å². The highest BCUT2D eigenvalue weighted by Crippen LogP contribution is 2.48. The van der Waals surface area contributed by atoms with Crippen LogP contribution in [-0.2, 0) is 0 Å². The summed E-state index contributed by atoms with van der Waals surface area (Å²) in [5.41, 5.74) is 4.45. The number of anilines is 1. The van der Waals surface area contributed by atoms with Gasteiger partial charge in [0.05, 0.1) is 5.37 Å². The standard InChI is InChI=1S/C36H30N4S/c1-4-10-24(11-5-1)33-38-34(25-12-6-2-7-13-25)40-35(39-33)28-18-20-29-27(22-28)17-16-23-19-21-30-32(31(23)29)41-36(37-30)26-14-8-3-9-15-26/h1-2,4-8,10-14,16-22,26,35-37H,3,9,15H2,(H,38,39,40). The number of rotatable bonds is 4. The number of hydrogen-bond donors (Lipinski definition) is 2. The van der Waals surface area contributed by atoms with Crippen LogP contribution in [0.25, 0.3) is 21.5 Å². The van der Waals surface area contributed by atoms with Crippen molar-refractivity contribution in [1.82, 2.24) is 5.32 Å². The molecule has 1 aliphatic carbocycles. The topological polar surface area (TPSA) is 48.8 Å². The van der Waals surface area contributed by atoms with Gasteiger partial charge >= 0.3 is 0 Å². The van der Waals surface area contributed by atoms with E-state index in [0.717, 1.165) is 28.4 Å². The van der Waals surface area contributed by atoms with Gasteiger partial charge in [0.25, 0.3) is 0 Å². The van der Waals surface area contributed by atoms with Crippen LogP contribution in [0.1, 0.15) is 42.1 Å². The van der Waals surface area contributed by atoms with Crippen molar-refractivity contribution in [2.75, 3.05) is 5.32 Å². The van der Waals surface area contributed by atoms with Crippen LogP contribution in [0.15, 0.2) is 130 Å². The van der Waals surface area contributed by atoms with E-state index in [1.165, 1.54) is 51.4 Å². The molecule has 0 spiro atoms. The van der Waals surface area contributed by atoms with Crippen molar-refractivity contribution < 1.29 is 0 Å². The second-order valence-corrected chi connectivity index (χ2v) is 12.1. The Bertz CT molecular complexity index is 1860. The largest absolute Gasteiger partial charge is 0.372 e. The lowest BCUT2D eigenvalue weighted by molar-refractivity contribution is 0.545. The van der Waals surface area contributed by atoms with Crippen molar-refractivity contribution in [1.29, 1.82) is 0 Å². The van der Waals surface area contributed by atoms with Gasteiger partial charge in [-0.05, 0) is 53.1 Å². The summed E-state index contributed by atoms with van der Waals surface area (Å²) >= 11 is 2.00. The monoisotopic (exact) mass is 550 g/mol. The SMILES string of the molecule is C1=CC(C2Nc3ccc4ccc5cc(C6N=C(c7ccccc7)N=C(c7ccccc7)N6)ccc5c4c3S2)CCC1. The molecule has 2 heterocycles. The molecule has 3 atom stereocenters. The second kappa shape index (κ2) is 10.2. The first kappa shape index (κ1) is 24.4. The number of benzene rings is 5. The second-order valence-electron chi connectivity index (χ2n) is 11.0. The van der Waals surface area contributed by atoms with Crippen molar-refractivity contribution in [3.63, 3.8) is 0 Å². The van der Waals surface area contributed by atoms with Gasteiger partial charge in [0.2, 0.25) is 0 Å². The van der Waals surface area contributed by atoms with E-state index in [1.54, 1.807) is 0 Å². The van der Waals surface area contributed by atoms with E-state index in [9.17, 15) is 0 Å². The predicted molar refractivity (Wildman–Crippen MR) is 173 cm³/mol. The lowest BCUT2D eigenvalue weighted by atomic mass is 9.95. The average molecular weight is 551 g/mol. The highest BCUT2D eigenvalue weighted by Gasteiger charge is 2.30. The van der Waals surface area contributed by atoms with Gasteiger partial charge in [-0.3, -0.25) is 0 Å². The summed E-state index contributed by atoms with van der Waals surface area (Å²) in [6.07, 6.45) is 8.28. The molecule has 3 aliphatic rings. The van der Waals surface area contributed by atoms with Gasteiger partial charge in [-0.25, -0.2) is 9.98 Å². The van der Waals surface area contributed by atoms with Gasteiger partial charge in [0.1, 0.15) is 12.0 Å². The van der Waals surface area contributed by atoms with Crippen molar-refractivity contribution in [2.45, 2.75) is 35.7 Å². The van der Waals surface area contributed by atoms with Crippen LogP contribution >= 0.6 is 11.8 Å². The molecule has 0 bridgehead atoms. The Morgan fingerprint density at radius 3 is 2.34 bits per heavy atom. The smallest absolute Gasteiger partial charge is 0.159 e. The Labute approximate surface area is 244 Å². The van der Waals surface area contributed by atoms with Crippen molar-refractivity contribution >= 4 is 50.7 Å². The van der Waals surface area contributed by atoms with Gasteiger partial charge in [0.15, 0.2) is 5.84 Å². The number of allylic oxidation sites excluding steroid dienone is 1. The molecule has 200 valence electrons. The van der Waals surface area contributed by atoms with Crippen molar-refractivity contribution in [3.8, 4) is 0 Å². The molecule has 3 unspecified atom stereocenters. The minimum Gasteiger partial charge on any atom is -0.372 e. The Kier molecular flexibility index (Phi) is 6.11. The van der Waals surface area contributed by atoms with E-state index in [-0.39, 0.29) is 6.17 Å². The molecule has 4 nitrogen and oxygen atoms in total. The Morgan fingerprint density at radius 1 is 0.756 bits per heavy atom. The van der Waals surface area contributed by atoms with Crippen LogP contribution in [0, 0.1) is 5.92 Å². The highest BCUT2D eigenvalue weighted by atomic mass is 32.2. The normalized spacial score (nSPS) is 21.6. The van der Waals surface area contributed by atoms with Gasteiger partial charge in [-0.2, -0.15) is 0 Å². The maximum atomic E-state index is 5.08. The van der Waals surface area contributed by atoms with Crippen LogP contribution in [0.2, 0.25) is 0 Å². The van der Waals surface area contributed by atoms with E-state index in [2.05, 4.69) is 89.5 Å². The summed E-state index contributed by atoms with van der Waals surface area (Å²) in [4.78, 5) is 11.4. The molecule has 2 N–H and O–H groups in total. The lowest BCUT2D eigenvalue weighted by Crippen LogP contribution is -2.33. The first-order chi connectivity index (χ1) is 20.3. The molecule has 0 radical (unpaired) electrons. The highest BCUT2D eigenvalue weighted by molar-refractivity contribution is 8.00. The van der Waals surface area contributed by atoms with Crippen LogP contribution in [0.4, 0.5) is 5.69 Å². The van der Waals surface area contributed by atoms with E-state index >= 15 is 0 Å². The first-order valence-electron chi connectivity index (χ1n) is 14.4. The van der Waals surface area contributed by atoms with E-state index in [4.69, 9.17) is 9.98 Å². The number of nitrogens with one attached hydrogen (secondary N) is 2. The third-order valence-electron chi connectivity index (χ3n) is 8.34. The zero-order valence-electron chi connectivity index (χ0n) is 22.6. The van der Waals surface area contributed by atoms with Gasteiger partial charge in [0, 0.05) is 33.0 Å². The zero-order valence-corrected chi connectivity index (χ0v) is 23.4. The van der Waals surface area contributed by atoms with Crippen molar-refractivity contribution in [2.24, 2.45) is 15.9 Å². The zero-order chi connectivity index (χ0) is 27.2. The fourth-order valence-corrected chi connectivity index (χ4v) is 7.66. The van der Waals surface area contributed by atoms with Gasteiger partial charge in [-0.1, -0.05) is 115 Å². The summed E-state index contributed by atoms with van der Waals surface area (Å²) in [6.45, 7) is 0. The molecule has 8 rings (SSSR count). The third kappa shape index (κ3) is 4.51. The van der Waals surface area contributed by atoms with Gasteiger partial charge in [-0.15, -0.1) is 0 Å². The molecule has 0 fully saturated rings. The molecule has 0 saturated heterocycles. The van der Waals surface area contributed by atoms with Crippen molar-refractivity contribution in [3.05, 3.63) is 132 Å². The summed E-state index contributed by atoms with van der Waals surface area (Å²) in [5.74, 6) is 2.16. The Balaban J connectivity index is 1.19. The van der Waals surface area contributed by atoms with Gasteiger partial charge < -0.3 is 10.6 Å². The molecule has 5 aromatic rings. The number of fused-ring (bicyclic) bond motifs is 5. The molecule has 41 heavy (non-hydrogen) atoms. The van der Waals surface area contributed by atoms with Crippen LogP contribution < -0.4 is 10.6 Å². The third-order valence-corrected chi connectivity index (χ3v) is 9.72. The Morgan fingerprint density at radius 2 is 1.54 bits per heavy atom. The average Bonchev–Trinajstić information content (AvgIpc) is 3.50. The molecule has 0 saturated carbocycles. The van der Waals surface area contributed by atoms with Crippen LogP contribution in [0.5, 0.6) is 0 Å². The number of amidine groups is 2. The maximum absolute atomic E-state index is 5.08. The molecular weight excluding hydrogens is 520 g/mol. The fourth-order valence-electron chi connectivity index (χ4n) is 6.22. The number of thioether (sulfide) groups is 1.